The van der Waals surface area contributed by atoms with Gasteiger partial charge in [-0.25, -0.2) is 4.98 Å². The number of nitrogens with one attached hydrogen (secondary N) is 1. The minimum atomic E-state index is 0.00680. The molecular formula is C19H28N6O. The number of likely N-dealkylation sites (N-methyl/N-ethyl adjacent to an activating group) is 1. The van der Waals surface area contributed by atoms with Crippen molar-refractivity contribution in [1.82, 2.24) is 25.0 Å². The summed E-state index contributed by atoms with van der Waals surface area (Å²) in [5, 5.41) is 7.34. The lowest BCUT2D eigenvalue weighted by Gasteiger charge is -2.33. The molecule has 0 saturated carbocycles. The second-order valence-electron chi connectivity index (χ2n) is 7.04. The quantitative estimate of drug-likeness (QED) is 0.867. The largest absolute Gasteiger partial charge is 0.354 e. The molecule has 3 heterocycles. The van der Waals surface area contributed by atoms with Crippen molar-refractivity contribution >= 4 is 11.7 Å². The third-order valence-electron chi connectivity index (χ3n) is 5.12. The molecule has 0 atom stereocenters. The van der Waals surface area contributed by atoms with E-state index in [1.54, 1.807) is 0 Å². The highest BCUT2D eigenvalue weighted by atomic mass is 16.1. The summed E-state index contributed by atoms with van der Waals surface area (Å²) in [6.45, 7) is 8.56. The predicted molar refractivity (Wildman–Crippen MR) is 102 cm³/mol. The summed E-state index contributed by atoms with van der Waals surface area (Å²) in [5.74, 6) is 1.02. The molecule has 1 N–H and O–H groups in total. The van der Waals surface area contributed by atoms with Gasteiger partial charge in [0.05, 0.1) is 12.1 Å². The molecule has 1 aliphatic rings. The molecular weight excluding hydrogens is 328 g/mol. The van der Waals surface area contributed by atoms with Crippen LogP contribution < -0.4 is 10.2 Å². The smallest absolute Gasteiger partial charge is 0.224 e. The second-order valence-corrected chi connectivity index (χ2v) is 7.04. The zero-order valence-corrected chi connectivity index (χ0v) is 16.1. The minimum absolute atomic E-state index is 0.00680. The monoisotopic (exact) mass is 356 g/mol. The Morgan fingerprint density at radius 2 is 1.88 bits per heavy atom. The first kappa shape index (κ1) is 18.4. The van der Waals surface area contributed by atoms with Crippen LogP contribution in [0, 0.1) is 13.8 Å². The number of aryl methyl sites for hydroxylation is 2. The van der Waals surface area contributed by atoms with Crippen molar-refractivity contribution < 1.29 is 4.79 Å². The number of piperazine rings is 1. The Morgan fingerprint density at radius 3 is 2.46 bits per heavy atom. The molecule has 1 amide bonds. The van der Waals surface area contributed by atoms with Crippen LogP contribution in [0.4, 0.5) is 5.82 Å². The molecule has 7 nitrogen and oxygen atoms in total. The first-order chi connectivity index (χ1) is 12.4. The van der Waals surface area contributed by atoms with Crippen LogP contribution in [0.1, 0.15) is 22.5 Å². The number of anilines is 1. The van der Waals surface area contributed by atoms with Crippen molar-refractivity contribution in [3.05, 3.63) is 40.8 Å². The number of nitrogens with zero attached hydrogens (tertiary/aromatic N) is 5. The van der Waals surface area contributed by atoms with E-state index in [0.29, 0.717) is 13.0 Å². The summed E-state index contributed by atoms with van der Waals surface area (Å²) in [4.78, 5) is 21.5. The number of hydrogen-bond acceptors (Lipinski definition) is 5. The van der Waals surface area contributed by atoms with Gasteiger partial charge in [0.15, 0.2) is 0 Å². The average Bonchev–Trinajstić information content (AvgIpc) is 2.87. The highest BCUT2D eigenvalue weighted by molar-refractivity contribution is 5.79. The molecule has 1 saturated heterocycles. The van der Waals surface area contributed by atoms with Crippen LogP contribution >= 0.6 is 0 Å². The average molecular weight is 356 g/mol. The third-order valence-corrected chi connectivity index (χ3v) is 5.12. The van der Waals surface area contributed by atoms with Gasteiger partial charge in [0.2, 0.25) is 5.91 Å². The summed E-state index contributed by atoms with van der Waals surface area (Å²) in [6.07, 6.45) is 2.22. The van der Waals surface area contributed by atoms with E-state index in [-0.39, 0.29) is 5.91 Å². The molecule has 1 aliphatic heterocycles. The van der Waals surface area contributed by atoms with Gasteiger partial charge < -0.3 is 15.1 Å². The van der Waals surface area contributed by atoms with Crippen molar-refractivity contribution in [3.63, 3.8) is 0 Å². The summed E-state index contributed by atoms with van der Waals surface area (Å²) >= 11 is 0. The van der Waals surface area contributed by atoms with Crippen LogP contribution in [0.15, 0.2) is 18.3 Å². The molecule has 7 heteroatoms. The fourth-order valence-electron chi connectivity index (χ4n) is 3.24. The number of aromatic nitrogens is 3. The Kier molecular flexibility index (Phi) is 5.56. The molecule has 2 aromatic rings. The van der Waals surface area contributed by atoms with Crippen molar-refractivity contribution in [2.24, 2.45) is 7.05 Å². The van der Waals surface area contributed by atoms with Gasteiger partial charge in [-0.15, -0.1) is 0 Å². The predicted octanol–water partition coefficient (Wildman–Crippen LogP) is 1.04. The van der Waals surface area contributed by atoms with Gasteiger partial charge in [-0.1, -0.05) is 6.07 Å². The van der Waals surface area contributed by atoms with Crippen LogP contribution in [0.25, 0.3) is 0 Å². The fourth-order valence-corrected chi connectivity index (χ4v) is 3.24. The number of rotatable bonds is 5. The number of amides is 1. The molecule has 0 bridgehead atoms. The minimum Gasteiger partial charge on any atom is -0.354 e. The Morgan fingerprint density at radius 1 is 1.15 bits per heavy atom. The van der Waals surface area contributed by atoms with Crippen molar-refractivity contribution in [1.29, 1.82) is 0 Å². The van der Waals surface area contributed by atoms with Gasteiger partial charge in [-0.05, 0) is 32.5 Å². The molecule has 3 rings (SSSR count). The number of carbonyl (C=O) groups is 1. The van der Waals surface area contributed by atoms with Gasteiger partial charge in [-0.2, -0.15) is 5.10 Å². The van der Waals surface area contributed by atoms with E-state index in [1.165, 1.54) is 0 Å². The van der Waals surface area contributed by atoms with Gasteiger partial charge >= 0.3 is 0 Å². The first-order valence-electron chi connectivity index (χ1n) is 9.08. The molecule has 0 aromatic carbocycles. The van der Waals surface area contributed by atoms with Crippen molar-refractivity contribution in [3.8, 4) is 0 Å². The molecule has 0 unspecified atom stereocenters. The molecule has 2 aromatic heterocycles. The molecule has 26 heavy (non-hydrogen) atoms. The van der Waals surface area contributed by atoms with Gasteiger partial charge in [-0.3, -0.25) is 9.48 Å². The zero-order chi connectivity index (χ0) is 18.7. The van der Waals surface area contributed by atoms with Crippen LogP contribution in [0.2, 0.25) is 0 Å². The summed E-state index contributed by atoms with van der Waals surface area (Å²) in [7, 11) is 4.04. The third kappa shape index (κ3) is 4.22. The summed E-state index contributed by atoms with van der Waals surface area (Å²) in [6, 6.07) is 4.09. The zero-order valence-electron chi connectivity index (χ0n) is 16.1. The Balaban J connectivity index is 1.52. The number of hydrogen-bond donors (Lipinski definition) is 1. The van der Waals surface area contributed by atoms with E-state index in [4.69, 9.17) is 0 Å². The maximum Gasteiger partial charge on any atom is 0.224 e. The molecule has 1 fully saturated rings. The van der Waals surface area contributed by atoms with E-state index in [2.05, 4.69) is 32.2 Å². The normalized spacial score (nSPS) is 15.3. The van der Waals surface area contributed by atoms with E-state index in [0.717, 1.165) is 54.5 Å². The van der Waals surface area contributed by atoms with E-state index in [1.807, 2.05) is 43.9 Å². The van der Waals surface area contributed by atoms with E-state index >= 15 is 0 Å². The standard InChI is InChI=1S/C19H28N6O/c1-14-17(15(2)24(4)22-14)11-19(26)21-13-16-5-6-18(20-12-16)25-9-7-23(3)8-10-25/h5-6,12H,7-11,13H2,1-4H3,(H,21,26). The van der Waals surface area contributed by atoms with Gasteiger partial charge in [0.25, 0.3) is 0 Å². The lowest BCUT2D eigenvalue weighted by molar-refractivity contribution is -0.120. The lowest BCUT2D eigenvalue weighted by atomic mass is 10.1. The van der Waals surface area contributed by atoms with Crippen LogP contribution in [-0.4, -0.2) is 58.8 Å². The maximum atomic E-state index is 12.3. The highest BCUT2D eigenvalue weighted by Gasteiger charge is 2.15. The molecule has 0 radical (unpaired) electrons. The Bertz CT molecular complexity index is 759. The maximum absolute atomic E-state index is 12.3. The summed E-state index contributed by atoms with van der Waals surface area (Å²) < 4.78 is 1.82. The molecule has 0 spiro atoms. The van der Waals surface area contributed by atoms with Crippen molar-refractivity contribution in [2.45, 2.75) is 26.8 Å². The molecule has 140 valence electrons. The van der Waals surface area contributed by atoms with Crippen LogP contribution in [-0.2, 0) is 24.8 Å². The van der Waals surface area contributed by atoms with Crippen LogP contribution in [0.3, 0.4) is 0 Å². The number of carbonyl (C=O) groups excluding carboxylic acids is 1. The van der Waals surface area contributed by atoms with Gasteiger partial charge in [0.1, 0.15) is 5.82 Å². The lowest BCUT2D eigenvalue weighted by Crippen LogP contribution is -2.44. The SMILES string of the molecule is Cc1nn(C)c(C)c1CC(=O)NCc1ccc(N2CCN(C)CC2)nc1. The number of pyridine rings is 1. The summed E-state index contributed by atoms with van der Waals surface area (Å²) in [5.41, 5.74) is 3.97. The fraction of sp³-hybridized carbons (Fsp3) is 0.526. The second kappa shape index (κ2) is 7.86. The first-order valence-corrected chi connectivity index (χ1v) is 9.08. The van der Waals surface area contributed by atoms with Crippen LogP contribution in [0.5, 0.6) is 0 Å². The topological polar surface area (TPSA) is 66.3 Å². The van der Waals surface area contributed by atoms with E-state index < -0.39 is 0 Å². The van der Waals surface area contributed by atoms with Crippen molar-refractivity contribution in [2.75, 3.05) is 38.1 Å². The van der Waals surface area contributed by atoms with Gasteiger partial charge in [0, 0.05) is 57.2 Å². The van der Waals surface area contributed by atoms with E-state index in [9.17, 15) is 4.79 Å². The Hall–Kier alpha value is -2.41. The Labute approximate surface area is 155 Å². The molecule has 0 aliphatic carbocycles. The highest BCUT2D eigenvalue weighted by Crippen LogP contribution is 2.14.